The van der Waals surface area contributed by atoms with Gasteiger partial charge in [-0.05, 0) is 62.0 Å². The van der Waals surface area contributed by atoms with Crippen molar-refractivity contribution in [3.8, 4) is 5.75 Å². The Morgan fingerprint density at radius 3 is 2.68 bits per heavy atom. The fourth-order valence-electron chi connectivity index (χ4n) is 5.03. The van der Waals surface area contributed by atoms with Crippen LogP contribution in [0.5, 0.6) is 5.75 Å². The molecule has 1 aromatic carbocycles. The summed E-state index contributed by atoms with van der Waals surface area (Å²) >= 11 is 1.57. The van der Waals surface area contributed by atoms with E-state index in [1.54, 1.807) is 18.4 Å². The predicted octanol–water partition coefficient (Wildman–Crippen LogP) is 4.61. The van der Waals surface area contributed by atoms with Crippen molar-refractivity contribution in [3.63, 3.8) is 0 Å². The SMILES string of the molecule is COc1ccc(C2CCOCC2)c2sc(NC(=O)N3CC4CCC3CC4)nc12. The van der Waals surface area contributed by atoms with Gasteiger partial charge in [-0.15, -0.1) is 0 Å². The number of thiazole rings is 1. The second-order valence-electron chi connectivity index (χ2n) is 8.20. The lowest BCUT2D eigenvalue weighted by Crippen LogP contribution is -2.52. The van der Waals surface area contributed by atoms with Crippen LogP contribution in [-0.4, -0.2) is 48.8 Å². The molecule has 6 rings (SSSR count). The number of carbonyl (C=O) groups is 1. The number of anilines is 1. The van der Waals surface area contributed by atoms with E-state index >= 15 is 0 Å². The van der Waals surface area contributed by atoms with E-state index in [1.807, 2.05) is 11.0 Å². The van der Waals surface area contributed by atoms with E-state index in [0.29, 0.717) is 23.0 Å². The number of methoxy groups -OCH3 is 1. The lowest BCUT2D eigenvalue weighted by atomic mass is 9.80. The number of amides is 2. The van der Waals surface area contributed by atoms with Crippen LogP contribution in [0.3, 0.4) is 0 Å². The van der Waals surface area contributed by atoms with Crippen LogP contribution >= 0.6 is 11.3 Å². The highest BCUT2D eigenvalue weighted by Gasteiger charge is 2.36. The molecule has 3 aliphatic heterocycles. The Balaban J connectivity index is 1.42. The molecule has 2 bridgehead atoms. The molecule has 7 heteroatoms. The summed E-state index contributed by atoms with van der Waals surface area (Å²) in [6, 6.07) is 4.55. The largest absolute Gasteiger partial charge is 0.494 e. The fourth-order valence-corrected chi connectivity index (χ4v) is 6.09. The van der Waals surface area contributed by atoms with Crippen molar-refractivity contribution in [2.24, 2.45) is 5.92 Å². The standard InChI is InChI=1S/C21H27N3O3S/c1-26-17-7-6-16(14-8-10-27-11-9-14)19-18(17)22-20(28-19)23-21(25)24-12-13-2-4-15(24)5-3-13/h6-7,13-15H,2-5,8-12H2,1H3,(H,22,23,25). The smallest absolute Gasteiger partial charge is 0.323 e. The van der Waals surface area contributed by atoms with Crippen molar-refractivity contribution in [1.29, 1.82) is 0 Å². The molecule has 0 unspecified atom stereocenters. The van der Waals surface area contributed by atoms with Crippen LogP contribution in [0, 0.1) is 5.92 Å². The molecule has 1 aromatic heterocycles. The first-order valence-corrected chi connectivity index (χ1v) is 11.2. The van der Waals surface area contributed by atoms with Gasteiger partial charge >= 0.3 is 6.03 Å². The minimum atomic E-state index is 0.0000364. The summed E-state index contributed by atoms with van der Waals surface area (Å²) in [5.41, 5.74) is 2.15. The van der Waals surface area contributed by atoms with Crippen molar-refractivity contribution in [1.82, 2.24) is 9.88 Å². The van der Waals surface area contributed by atoms with Crippen LogP contribution in [-0.2, 0) is 4.74 Å². The highest BCUT2D eigenvalue weighted by atomic mass is 32.1. The Hall–Kier alpha value is -1.86. The van der Waals surface area contributed by atoms with Gasteiger partial charge < -0.3 is 14.4 Å². The number of rotatable bonds is 3. The van der Waals surface area contributed by atoms with Crippen LogP contribution in [0.15, 0.2) is 12.1 Å². The zero-order chi connectivity index (χ0) is 19.1. The van der Waals surface area contributed by atoms with Gasteiger partial charge in [-0.3, -0.25) is 5.32 Å². The number of urea groups is 1. The number of nitrogens with zero attached hydrogens (tertiary/aromatic N) is 2. The number of piperidine rings is 2. The van der Waals surface area contributed by atoms with E-state index in [2.05, 4.69) is 11.4 Å². The minimum Gasteiger partial charge on any atom is -0.494 e. The molecular weight excluding hydrogens is 374 g/mol. The van der Waals surface area contributed by atoms with Gasteiger partial charge in [-0.2, -0.15) is 0 Å². The molecule has 4 heterocycles. The number of hydrogen-bond donors (Lipinski definition) is 1. The van der Waals surface area contributed by atoms with Crippen molar-refractivity contribution in [2.45, 2.75) is 50.5 Å². The summed E-state index contributed by atoms with van der Waals surface area (Å²) in [6.45, 7) is 2.49. The van der Waals surface area contributed by atoms with Crippen LogP contribution < -0.4 is 10.1 Å². The lowest BCUT2D eigenvalue weighted by molar-refractivity contribution is 0.0816. The maximum Gasteiger partial charge on any atom is 0.323 e. The first-order valence-electron chi connectivity index (χ1n) is 10.4. The first-order chi connectivity index (χ1) is 13.7. The maximum absolute atomic E-state index is 12.9. The second kappa shape index (κ2) is 7.52. The van der Waals surface area contributed by atoms with E-state index in [9.17, 15) is 4.79 Å². The third-order valence-corrected chi connectivity index (χ3v) is 7.62. The average Bonchev–Trinajstić information content (AvgIpc) is 3.18. The van der Waals surface area contributed by atoms with Crippen molar-refractivity contribution >= 4 is 32.7 Å². The molecule has 0 atom stereocenters. The fraction of sp³-hybridized carbons (Fsp3) is 0.619. The molecule has 1 aliphatic carbocycles. The van der Waals surface area contributed by atoms with Crippen molar-refractivity contribution < 1.29 is 14.3 Å². The second-order valence-corrected chi connectivity index (χ2v) is 9.20. The predicted molar refractivity (Wildman–Crippen MR) is 110 cm³/mol. The van der Waals surface area contributed by atoms with Gasteiger partial charge in [0.2, 0.25) is 0 Å². The molecule has 150 valence electrons. The quantitative estimate of drug-likeness (QED) is 0.816. The molecule has 2 amide bonds. The van der Waals surface area contributed by atoms with E-state index in [1.165, 1.54) is 18.4 Å². The summed E-state index contributed by atoms with van der Waals surface area (Å²) in [7, 11) is 1.67. The number of hydrogen-bond acceptors (Lipinski definition) is 5. The Kier molecular flexibility index (Phi) is 4.88. The molecule has 4 aliphatic rings. The van der Waals surface area contributed by atoms with Crippen LogP contribution in [0.2, 0.25) is 0 Å². The molecule has 1 N–H and O–H groups in total. The van der Waals surface area contributed by atoms with E-state index in [0.717, 1.165) is 61.4 Å². The third kappa shape index (κ3) is 3.24. The molecular formula is C21H27N3O3S. The number of carbonyl (C=O) groups excluding carboxylic acids is 1. The number of aromatic nitrogens is 1. The zero-order valence-electron chi connectivity index (χ0n) is 16.3. The van der Waals surface area contributed by atoms with Gasteiger partial charge in [0.15, 0.2) is 5.13 Å². The summed E-state index contributed by atoms with van der Waals surface area (Å²) in [6.07, 6.45) is 6.86. The van der Waals surface area contributed by atoms with E-state index in [4.69, 9.17) is 14.5 Å². The number of fused-ring (bicyclic) bond motifs is 4. The molecule has 28 heavy (non-hydrogen) atoms. The summed E-state index contributed by atoms with van der Waals surface area (Å²) in [4.78, 5) is 19.7. The summed E-state index contributed by atoms with van der Waals surface area (Å²) in [5.74, 6) is 1.91. The normalized spacial score (nSPS) is 25.2. The van der Waals surface area contributed by atoms with Gasteiger partial charge in [-0.25, -0.2) is 9.78 Å². The number of benzene rings is 1. The summed E-state index contributed by atoms with van der Waals surface area (Å²) < 4.78 is 12.2. The Bertz CT molecular complexity index is 869. The zero-order valence-corrected chi connectivity index (χ0v) is 17.1. The highest BCUT2D eigenvalue weighted by Crippen LogP contribution is 2.41. The van der Waals surface area contributed by atoms with Gasteiger partial charge in [0.25, 0.3) is 0 Å². The van der Waals surface area contributed by atoms with Crippen LogP contribution in [0.1, 0.15) is 50.0 Å². The Morgan fingerprint density at radius 2 is 2.00 bits per heavy atom. The van der Waals surface area contributed by atoms with Crippen LogP contribution in [0.25, 0.3) is 10.2 Å². The Labute approximate surface area is 169 Å². The molecule has 2 aromatic rings. The first kappa shape index (κ1) is 18.2. The van der Waals surface area contributed by atoms with Gasteiger partial charge in [0.05, 0.1) is 11.8 Å². The maximum atomic E-state index is 12.9. The van der Waals surface area contributed by atoms with Gasteiger partial charge in [0, 0.05) is 25.8 Å². The molecule has 1 saturated carbocycles. The lowest BCUT2D eigenvalue weighted by Gasteiger charge is -2.44. The number of nitrogens with one attached hydrogen (secondary N) is 1. The van der Waals surface area contributed by atoms with E-state index < -0.39 is 0 Å². The third-order valence-electron chi connectivity index (χ3n) is 6.60. The summed E-state index contributed by atoms with van der Waals surface area (Å²) in [5, 5.41) is 3.75. The monoisotopic (exact) mass is 401 g/mol. The van der Waals surface area contributed by atoms with E-state index in [-0.39, 0.29) is 6.03 Å². The molecule has 0 radical (unpaired) electrons. The van der Waals surface area contributed by atoms with Gasteiger partial charge in [0.1, 0.15) is 11.3 Å². The van der Waals surface area contributed by atoms with Crippen molar-refractivity contribution in [3.05, 3.63) is 17.7 Å². The minimum absolute atomic E-state index is 0.0000364. The molecule has 0 spiro atoms. The van der Waals surface area contributed by atoms with Gasteiger partial charge in [-0.1, -0.05) is 17.4 Å². The van der Waals surface area contributed by atoms with Crippen molar-refractivity contribution in [2.75, 3.05) is 32.2 Å². The highest BCUT2D eigenvalue weighted by molar-refractivity contribution is 7.22. The molecule has 6 nitrogen and oxygen atoms in total. The topological polar surface area (TPSA) is 63.7 Å². The molecule has 3 saturated heterocycles. The van der Waals surface area contributed by atoms with Crippen LogP contribution in [0.4, 0.5) is 9.93 Å². The Morgan fingerprint density at radius 1 is 1.21 bits per heavy atom. The number of ether oxygens (including phenoxy) is 2. The molecule has 4 fully saturated rings. The average molecular weight is 402 g/mol.